The Morgan fingerprint density at radius 2 is 1.82 bits per heavy atom. The number of carbonyl (C=O) groups excluding carboxylic acids is 1. The zero-order chi connectivity index (χ0) is 20.1. The first-order valence-electron chi connectivity index (χ1n) is 9.21. The van der Waals surface area contributed by atoms with E-state index >= 15 is 0 Å². The van der Waals surface area contributed by atoms with Crippen LogP contribution in [0.3, 0.4) is 0 Å². The number of rotatable bonds is 6. The highest BCUT2D eigenvalue weighted by molar-refractivity contribution is 6.30. The molecule has 0 saturated carbocycles. The molecule has 0 unspecified atom stereocenters. The van der Waals surface area contributed by atoms with Crippen LogP contribution in [0.1, 0.15) is 15.9 Å². The topological polar surface area (TPSA) is 78.7 Å². The zero-order valence-corrected chi connectivity index (χ0v) is 16.5. The molecule has 0 spiro atoms. The van der Waals surface area contributed by atoms with Crippen molar-refractivity contribution in [3.63, 3.8) is 0 Å². The average Bonchev–Trinajstić information content (AvgIpc) is 2.69. The van der Waals surface area contributed by atoms with Crippen molar-refractivity contribution < 1.29 is 9.72 Å². The van der Waals surface area contributed by atoms with Gasteiger partial charge in [-0.25, -0.2) is 0 Å². The molecule has 148 valence electrons. The SMILES string of the molecule is Cc1c(C(=O)NCCN2CCN(c3ccc(Cl)cc3)CC2)cccc1[N+](=O)[O-]. The van der Waals surface area contributed by atoms with Gasteiger partial charge in [-0.15, -0.1) is 0 Å². The van der Waals surface area contributed by atoms with E-state index in [4.69, 9.17) is 11.6 Å². The molecule has 3 rings (SSSR count). The summed E-state index contributed by atoms with van der Waals surface area (Å²) < 4.78 is 0. The van der Waals surface area contributed by atoms with E-state index in [2.05, 4.69) is 15.1 Å². The largest absolute Gasteiger partial charge is 0.369 e. The van der Waals surface area contributed by atoms with Crippen molar-refractivity contribution in [2.45, 2.75) is 6.92 Å². The quantitative estimate of drug-likeness (QED) is 0.593. The highest BCUT2D eigenvalue weighted by atomic mass is 35.5. The molecule has 2 aromatic rings. The third-order valence-electron chi connectivity index (χ3n) is 5.02. The van der Waals surface area contributed by atoms with Crippen molar-refractivity contribution in [2.75, 3.05) is 44.2 Å². The molecule has 1 saturated heterocycles. The van der Waals surface area contributed by atoms with Crippen LogP contribution < -0.4 is 10.2 Å². The van der Waals surface area contributed by atoms with Crippen molar-refractivity contribution in [3.8, 4) is 0 Å². The van der Waals surface area contributed by atoms with Gasteiger partial charge in [-0.05, 0) is 37.3 Å². The summed E-state index contributed by atoms with van der Waals surface area (Å²) in [4.78, 5) is 27.5. The number of nitro benzene ring substituents is 1. The Morgan fingerprint density at radius 1 is 1.14 bits per heavy atom. The molecule has 1 heterocycles. The van der Waals surface area contributed by atoms with Crippen LogP contribution in [0.4, 0.5) is 11.4 Å². The molecule has 28 heavy (non-hydrogen) atoms. The van der Waals surface area contributed by atoms with E-state index in [0.29, 0.717) is 17.7 Å². The van der Waals surface area contributed by atoms with Crippen LogP contribution in [0, 0.1) is 17.0 Å². The molecule has 8 heteroatoms. The van der Waals surface area contributed by atoms with Gasteiger partial charge in [0.25, 0.3) is 11.6 Å². The highest BCUT2D eigenvalue weighted by Crippen LogP contribution is 2.21. The molecule has 0 atom stereocenters. The fourth-order valence-electron chi connectivity index (χ4n) is 3.37. The van der Waals surface area contributed by atoms with E-state index < -0.39 is 4.92 Å². The molecule has 0 aromatic heterocycles. The lowest BCUT2D eigenvalue weighted by atomic mass is 10.1. The second-order valence-electron chi connectivity index (χ2n) is 6.77. The number of nitrogens with zero attached hydrogens (tertiary/aromatic N) is 3. The van der Waals surface area contributed by atoms with Gasteiger partial charge in [0.05, 0.1) is 4.92 Å². The third-order valence-corrected chi connectivity index (χ3v) is 5.28. The number of hydrogen-bond donors (Lipinski definition) is 1. The van der Waals surface area contributed by atoms with Crippen molar-refractivity contribution in [3.05, 3.63) is 68.7 Å². The second kappa shape index (κ2) is 9.03. The van der Waals surface area contributed by atoms with Crippen molar-refractivity contribution in [1.82, 2.24) is 10.2 Å². The molecule has 1 amide bonds. The lowest BCUT2D eigenvalue weighted by Crippen LogP contribution is -2.48. The molecule has 0 aliphatic carbocycles. The van der Waals surface area contributed by atoms with Crippen LogP contribution >= 0.6 is 11.6 Å². The molecular weight excluding hydrogens is 380 g/mol. The molecule has 2 aromatic carbocycles. The Morgan fingerprint density at radius 3 is 2.46 bits per heavy atom. The van der Waals surface area contributed by atoms with E-state index in [0.717, 1.165) is 37.7 Å². The lowest BCUT2D eigenvalue weighted by Gasteiger charge is -2.36. The van der Waals surface area contributed by atoms with E-state index in [1.807, 2.05) is 24.3 Å². The van der Waals surface area contributed by atoms with Gasteiger partial charge in [-0.2, -0.15) is 0 Å². The molecule has 1 aliphatic rings. The molecular formula is C20H23ClN4O3. The summed E-state index contributed by atoms with van der Waals surface area (Å²) >= 11 is 5.94. The molecule has 7 nitrogen and oxygen atoms in total. The van der Waals surface area contributed by atoms with E-state index in [9.17, 15) is 14.9 Å². The van der Waals surface area contributed by atoms with Crippen LogP contribution in [0.25, 0.3) is 0 Å². The predicted octanol–water partition coefficient (Wildman–Crippen LogP) is 3.11. The van der Waals surface area contributed by atoms with Crippen molar-refractivity contribution >= 4 is 28.9 Å². The van der Waals surface area contributed by atoms with Gasteiger partial charge in [-0.3, -0.25) is 19.8 Å². The van der Waals surface area contributed by atoms with Crippen molar-refractivity contribution in [1.29, 1.82) is 0 Å². The number of halogens is 1. The molecule has 0 bridgehead atoms. The zero-order valence-electron chi connectivity index (χ0n) is 15.7. The number of carbonyl (C=O) groups is 1. The van der Waals surface area contributed by atoms with Gasteiger partial charge in [0.1, 0.15) is 0 Å². The third kappa shape index (κ3) is 4.79. The van der Waals surface area contributed by atoms with E-state index in [-0.39, 0.29) is 11.6 Å². The number of hydrogen-bond acceptors (Lipinski definition) is 5. The summed E-state index contributed by atoms with van der Waals surface area (Å²) in [7, 11) is 0. The predicted molar refractivity (Wildman–Crippen MR) is 110 cm³/mol. The van der Waals surface area contributed by atoms with Crippen LogP contribution in [-0.4, -0.2) is 55.0 Å². The normalized spacial score (nSPS) is 14.7. The van der Waals surface area contributed by atoms with Crippen LogP contribution in [-0.2, 0) is 0 Å². The lowest BCUT2D eigenvalue weighted by molar-refractivity contribution is -0.385. The van der Waals surface area contributed by atoms with Crippen LogP contribution in [0.5, 0.6) is 0 Å². The maximum absolute atomic E-state index is 12.4. The smallest absolute Gasteiger partial charge is 0.273 e. The fourth-order valence-corrected chi connectivity index (χ4v) is 3.50. The maximum Gasteiger partial charge on any atom is 0.273 e. The fraction of sp³-hybridized carbons (Fsp3) is 0.350. The number of anilines is 1. The average molecular weight is 403 g/mol. The van der Waals surface area contributed by atoms with E-state index in [1.165, 1.54) is 17.8 Å². The molecule has 1 fully saturated rings. The monoisotopic (exact) mass is 402 g/mol. The summed E-state index contributed by atoms with van der Waals surface area (Å²) in [5, 5.41) is 14.6. The number of benzene rings is 2. The van der Waals surface area contributed by atoms with Gasteiger partial charge < -0.3 is 10.2 Å². The Bertz CT molecular complexity index is 849. The van der Waals surface area contributed by atoms with Crippen LogP contribution in [0.15, 0.2) is 42.5 Å². The minimum Gasteiger partial charge on any atom is -0.369 e. The Kier molecular flexibility index (Phi) is 6.49. The Hall–Kier alpha value is -2.64. The van der Waals surface area contributed by atoms with E-state index in [1.54, 1.807) is 13.0 Å². The first kappa shape index (κ1) is 20.1. The second-order valence-corrected chi connectivity index (χ2v) is 7.20. The first-order chi connectivity index (χ1) is 13.5. The number of piperazine rings is 1. The van der Waals surface area contributed by atoms with Gasteiger partial charge in [-0.1, -0.05) is 17.7 Å². The summed E-state index contributed by atoms with van der Waals surface area (Å²) in [6.45, 7) is 6.50. The van der Waals surface area contributed by atoms with Gasteiger partial charge in [0.2, 0.25) is 0 Å². The number of nitro groups is 1. The van der Waals surface area contributed by atoms with Crippen LogP contribution in [0.2, 0.25) is 5.02 Å². The standard InChI is InChI=1S/C20H23ClN4O3/c1-15-18(3-2-4-19(15)25(27)28)20(26)22-9-10-23-11-13-24(14-12-23)17-7-5-16(21)6-8-17/h2-8H,9-14H2,1H3,(H,22,26). The Balaban J connectivity index is 1.46. The molecule has 0 radical (unpaired) electrons. The minimum atomic E-state index is -0.466. The highest BCUT2D eigenvalue weighted by Gasteiger charge is 2.19. The van der Waals surface area contributed by atoms with Gasteiger partial charge in [0, 0.05) is 67.2 Å². The minimum absolute atomic E-state index is 0.0361. The number of nitrogens with one attached hydrogen (secondary N) is 1. The van der Waals surface area contributed by atoms with Gasteiger partial charge >= 0.3 is 0 Å². The molecule has 1 aliphatic heterocycles. The first-order valence-corrected chi connectivity index (χ1v) is 9.58. The summed E-state index contributed by atoms with van der Waals surface area (Å²) in [5.41, 5.74) is 1.87. The summed E-state index contributed by atoms with van der Waals surface area (Å²) in [6, 6.07) is 12.4. The summed E-state index contributed by atoms with van der Waals surface area (Å²) in [6.07, 6.45) is 0. The van der Waals surface area contributed by atoms with Crippen molar-refractivity contribution in [2.24, 2.45) is 0 Å². The van der Waals surface area contributed by atoms with Gasteiger partial charge in [0.15, 0.2) is 0 Å². The Labute approximate surface area is 169 Å². The maximum atomic E-state index is 12.4. The molecule has 1 N–H and O–H groups in total. The number of amides is 1. The summed E-state index contributed by atoms with van der Waals surface area (Å²) in [5.74, 6) is -0.277.